The normalized spacial score (nSPS) is 18.2. The third-order valence-corrected chi connectivity index (χ3v) is 2.70. The van der Waals surface area contributed by atoms with Gasteiger partial charge in [0.05, 0.1) is 13.0 Å². The fraction of sp³-hybridized carbons (Fsp3) is 0.889. The first kappa shape index (κ1) is 11.8. The van der Waals surface area contributed by atoms with E-state index in [1.807, 2.05) is 0 Å². The SMILES string of the molecule is COC(=O)C1CCN(CCN=[N+]=[N-])CC1. The highest BCUT2D eigenvalue weighted by Gasteiger charge is 2.24. The maximum absolute atomic E-state index is 11.2. The molecule has 0 N–H and O–H groups in total. The van der Waals surface area contributed by atoms with E-state index in [-0.39, 0.29) is 11.9 Å². The summed E-state index contributed by atoms with van der Waals surface area (Å²) in [7, 11) is 1.43. The lowest BCUT2D eigenvalue weighted by Crippen LogP contribution is -2.37. The molecule has 0 bridgehead atoms. The number of methoxy groups -OCH3 is 1. The molecule has 0 unspecified atom stereocenters. The number of azide groups is 1. The van der Waals surface area contributed by atoms with Crippen LogP contribution in [0.2, 0.25) is 0 Å². The van der Waals surface area contributed by atoms with Crippen molar-refractivity contribution in [2.45, 2.75) is 12.8 Å². The van der Waals surface area contributed by atoms with Gasteiger partial charge in [0, 0.05) is 18.0 Å². The van der Waals surface area contributed by atoms with Crippen LogP contribution in [0.3, 0.4) is 0 Å². The third-order valence-electron chi connectivity index (χ3n) is 2.70. The molecule has 84 valence electrons. The lowest BCUT2D eigenvalue weighted by atomic mass is 9.97. The predicted molar refractivity (Wildman–Crippen MR) is 55.2 cm³/mol. The Kier molecular flexibility index (Phi) is 4.93. The lowest BCUT2D eigenvalue weighted by Gasteiger charge is -2.29. The van der Waals surface area contributed by atoms with Gasteiger partial charge in [0.15, 0.2) is 0 Å². The van der Waals surface area contributed by atoms with Gasteiger partial charge in [-0.05, 0) is 31.5 Å². The standard InChI is InChI=1S/C9H16N4O2/c1-15-9(14)8-2-5-13(6-3-8)7-4-11-12-10/h8H,2-7H2,1H3. The Morgan fingerprint density at radius 1 is 1.60 bits per heavy atom. The molecule has 0 spiro atoms. The molecule has 6 nitrogen and oxygen atoms in total. The fourth-order valence-electron chi connectivity index (χ4n) is 1.79. The molecule has 0 aromatic carbocycles. The number of rotatable bonds is 4. The maximum atomic E-state index is 11.2. The van der Waals surface area contributed by atoms with E-state index in [0.717, 1.165) is 32.5 Å². The number of piperidine rings is 1. The van der Waals surface area contributed by atoms with E-state index in [1.165, 1.54) is 7.11 Å². The van der Waals surface area contributed by atoms with Gasteiger partial charge in [0.25, 0.3) is 0 Å². The first-order chi connectivity index (χ1) is 7.27. The monoisotopic (exact) mass is 212 g/mol. The Morgan fingerprint density at radius 3 is 2.80 bits per heavy atom. The summed E-state index contributed by atoms with van der Waals surface area (Å²) in [4.78, 5) is 16.1. The van der Waals surface area contributed by atoms with Crippen molar-refractivity contribution in [2.75, 3.05) is 33.3 Å². The van der Waals surface area contributed by atoms with Gasteiger partial charge in [-0.3, -0.25) is 4.79 Å². The van der Waals surface area contributed by atoms with Crippen molar-refractivity contribution in [3.8, 4) is 0 Å². The molecule has 1 aliphatic heterocycles. The number of esters is 1. The molecule has 0 saturated carbocycles. The number of hydrogen-bond donors (Lipinski definition) is 0. The summed E-state index contributed by atoms with van der Waals surface area (Å²) in [5.74, 6) is -0.0598. The number of carbonyl (C=O) groups is 1. The molecule has 1 rings (SSSR count). The van der Waals surface area contributed by atoms with Crippen molar-refractivity contribution in [3.05, 3.63) is 10.4 Å². The summed E-state index contributed by atoms with van der Waals surface area (Å²) in [5, 5.41) is 3.48. The van der Waals surface area contributed by atoms with Gasteiger partial charge in [-0.25, -0.2) is 0 Å². The van der Waals surface area contributed by atoms with Crippen LogP contribution in [0, 0.1) is 5.92 Å². The second kappa shape index (κ2) is 6.27. The van der Waals surface area contributed by atoms with Crippen LogP contribution >= 0.6 is 0 Å². The van der Waals surface area contributed by atoms with Gasteiger partial charge in [-0.1, -0.05) is 5.11 Å². The first-order valence-electron chi connectivity index (χ1n) is 5.09. The third kappa shape index (κ3) is 3.77. The molecule has 0 atom stereocenters. The number of hydrogen-bond acceptors (Lipinski definition) is 4. The lowest BCUT2D eigenvalue weighted by molar-refractivity contribution is -0.147. The van der Waals surface area contributed by atoms with Gasteiger partial charge in [0.2, 0.25) is 0 Å². The second-order valence-electron chi connectivity index (χ2n) is 3.59. The Labute approximate surface area is 88.8 Å². The van der Waals surface area contributed by atoms with E-state index in [9.17, 15) is 4.79 Å². The van der Waals surface area contributed by atoms with E-state index >= 15 is 0 Å². The highest BCUT2D eigenvalue weighted by atomic mass is 16.5. The largest absolute Gasteiger partial charge is 0.469 e. The van der Waals surface area contributed by atoms with Crippen molar-refractivity contribution in [1.29, 1.82) is 0 Å². The van der Waals surface area contributed by atoms with Crippen LogP contribution < -0.4 is 0 Å². The number of ether oxygens (including phenoxy) is 1. The van der Waals surface area contributed by atoms with Crippen LogP contribution in [-0.4, -0.2) is 44.2 Å². The van der Waals surface area contributed by atoms with E-state index in [0.29, 0.717) is 6.54 Å². The van der Waals surface area contributed by atoms with Crippen molar-refractivity contribution >= 4 is 5.97 Å². The minimum Gasteiger partial charge on any atom is -0.469 e. The molecular weight excluding hydrogens is 196 g/mol. The van der Waals surface area contributed by atoms with Gasteiger partial charge in [0.1, 0.15) is 0 Å². The van der Waals surface area contributed by atoms with Gasteiger partial charge < -0.3 is 9.64 Å². The summed E-state index contributed by atoms with van der Waals surface area (Å²) in [6.45, 7) is 3.03. The summed E-state index contributed by atoms with van der Waals surface area (Å²) < 4.78 is 4.70. The Morgan fingerprint density at radius 2 is 2.27 bits per heavy atom. The zero-order valence-electron chi connectivity index (χ0n) is 8.93. The summed E-state index contributed by atoms with van der Waals surface area (Å²) >= 11 is 0. The average molecular weight is 212 g/mol. The number of nitrogens with zero attached hydrogens (tertiary/aromatic N) is 4. The highest BCUT2D eigenvalue weighted by Crippen LogP contribution is 2.17. The van der Waals surface area contributed by atoms with E-state index in [1.54, 1.807) is 0 Å². The molecule has 1 saturated heterocycles. The number of carbonyl (C=O) groups excluding carboxylic acids is 1. The van der Waals surface area contributed by atoms with Crippen molar-refractivity contribution in [2.24, 2.45) is 11.0 Å². The van der Waals surface area contributed by atoms with E-state index < -0.39 is 0 Å². The molecule has 0 radical (unpaired) electrons. The fourth-order valence-corrected chi connectivity index (χ4v) is 1.79. The predicted octanol–water partition coefficient (Wildman–Crippen LogP) is 1.18. The molecule has 1 heterocycles. The average Bonchev–Trinajstić information content (AvgIpc) is 2.29. The Bertz CT molecular complexity index is 255. The highest BCUT2D eigenvalue weighted by molar-refractivity contribution is 5.72. The van der Waals surface area contributed by atoms with Crippen LogP contribution in [0.4, 0.5) is 0 Å². The van der Waals surface area contributed by atoms with Gasteiger partial charge >= 0.3 is 5.97 Å². The van der Waals surface area contributed by atoms with Crippen LogP contribution in [-0.2, 0) is 9.53 Å². The van der Waals surface area contributed by atoms with Crippen molar-refractivity contribution in [3.63, 3.8) is 0 Å². The maximum Gasteiger partial charge on any atom is 0.308 e. The smallest absolute Gasteiger partial charge is 0.308 e. The zero-order valence-corrected chi connectivity index (χ0v) is 8.93. The number of likely N-dealkylation sites (tertiary alicyclic amines) is 1. The Hall–Kier alpha value is -1.26. The minimum absolute atomic E-state index is 0.0470. The summed E-state index contributed by atoms with van der Waals surface area (Å²) in [5.41, 5.74) is 8.12. The quantitative estimate of drug-likeness (QED) is 0.304. The summed E-state index contributed by atoms with van der Waals surface area (Å²) in [6.07, 6.45) is 1.67. The molecule has 6 heteroatoms. The molecule has 1 aliphatic rings. The van der Waals surface area contributed by atoms with E-state index in [4.69, 9.17) is 10.3 Å². The molecule has 0 aromatic heterocycles. The molecule has 0 aliphatic carbocycles. The zero-order chi connectivity index (χ0) is 11.1. The molecular formula is C9H16N4O2. The molecule has 0 aromatic rings. The topological polar surface area (TPSA) is 78.3 Å². The molecule has 1 fully saturated rings. The van der Waals surface area contributed by atoms with Crippen LogP contribution in [0.15, 0.2) is 5.11 Å². The van der Waals surface area contributed by atoms with E-state index in [2.05, 4.69) is 14.9 Å². The van der Waals surface area contributed by atoms with Gasteiger partial charge in [-0.15, -0.1) is 0 Å². The van der Waals surface area contributed by atoms with Crippen molar-refractivity contribution < 1.29 is 9.53 Å². The summed E-state index contributed by atoms with van der Waals surface area (Å²) in [6, 6.07) is 0. The van der Waals surface area contributed by atoms with Gasteiger partial charge in [-0.2, -0.15) is 0 Å². The first-order valence-corrected chi connectivity index (χ1v) is 5.09. The Balaban J connectivity index is 2.23. The second-order valence-corrected chi connectivity index (χ2v) is 3.59. The van der Waals surface area contributed by atoms with Crippen LogP contribution in [0.5, 0.6) is 0 Å². The molecule has 0 amide bonds. The van der Waals surface area contributed by atoms with Crippen molar-refractivity contribution in [1.82, 2.24) is 4.90 Å². The minimum atomic E-state index is -0.107. The van der Waals surface area contributed by atoms with Crippen LogP contribution in [0.1, 0.15) is 12.8 Å². The molecule has 15 heavy (non-hydrogen) atoms. The van der Waals surface area contributed by atoms with Crippen LogP contribution in [0.25, 0.3) is 10.4 Å².